The minimum Gasteiger partial charge on any atom is -0.497 e. The number of anilines is 2. The van der Waals surface area contributed by atoms with Crippen LogP contribution in [-0.2, 0) is 4.74 Å². The number of halogens is 1. The standard InChI is InChI=1S/C21H24ClN5O4/c1-29-10-11-31-19-8-5-14(12-16(19)22)21(28)24-20-4-3-9-23-18-13-15(30-2)6-7-17(18)25-27-26-20/h3-8,12-13,23,25,27H,9-11H2,1-2H3,(H,24,26,28)/b4-3+. The largest absolute Gasteiger partial charge is 0.497 e. The third-order valence-corrected chi connectivity index (χ3v) is 4.56. The molecule has 0 aromatic heterocycles. The van der Waals surface area contributed by atoms with Gasteiger partial charge in [-0.3, -0.25) is 10.2 Å². The maximum Gasteiger partial charge on any atom is 0.256 e. The normalized spacial score (nSPS) is 15.6. The molecule has 3 rings (SSSR count). The number of benzene rings is 2. The van der Waals surface area contributed by atoms with Crippen LogP contribution in [0.4, 0.5) is 11.4 Å². The molecule has 0 bridgehead atoms. The highest BCUT2D eigenvalue weighted by Crippen LogP contribution is 2.27. The number of hydrazine groups is 1. The summed E-state index contributed by atoms with van der Waals surface area (Å²) in [5, 5.41) is 10.5. The van der Waals surface area contributed by atoms with Crippen LogP contribution in [0.3, 0.4) is 0 Å². The van der Waals surface area contributed by atoms with Crippen LogP contribution in [0, 0.1) is 0 Å². The van der Waals surface area contributed by atoms with E-state index in [9.17, 15) is 4.79 Å². The number of nitrogens with one attached hydrogen (secondary N) is 4. The molecule has 31 heavy (non-hydrogen) atoms. The van der Waals surface area contributed by atoms with Crippen molar-refractivity contribution in [2.45, 2.75) is 0 Å². The molecule has 0 atom stereocenters. The molecule has 164 valence electrons. The van der Waals surface area contributed by atoms with Gasteiger partial charge >= 0.3 is 0 Å². The molecule has 0 spiro atoms. The summed E-state index contributed by atoms with van der Waals surface area (Å²) in [6.07, 6.45) is 3.53. The van der Waals surface area contributed by atoms with E-state index in [1.54, 1.807) is 38.5 Å². The minimum absolute atomic E-state index is 0.327. The minimum atomic E-state index is -0.356. The maximum atomic E-state index is 12.6. The number of nitrogens with zero attached hydrogens (tertiary/aromatic N) is 1. The highest BCUT2D eigenvalue weighted by Gasteiger charge is 2.12. The zero-order chi connectivity index (χ0) is 22.1. The van der Waals surface area contributed by atoms with Crippen LogP contribution in [0.25, 0.3) is 0 Å². The highest BCUT2D eigenvalue weighted by molar-refractivity contribution is 6.32. The second-order valence-corrected chi connectivity index (χ2v) is 6.78. The van der Waals surface area contributed by atoms with Gasteiger partial charge in [-0.1, -0.05) is 17.7 Å². The Labute approximate surface area is 185 Å². The van der Waals surface area contributed by atoms with Gasteiger partial charge in [-0.05, 0) is 36.4 Å². The Balaban J connectivity index is 1.66. The number of hydrogen-bond acceptors (Lipinski definition) is 8. The molecule has 1 aliphatic heterocycles. The first-order valence-corrected chi connectivity index (χ1v) is 9.88. The van der Waals surface area contributed by atoms with Crippen molar-refractivity contribution in [1.29, 1.82) is 0 Å². The van der Waals surface area contributed by atoms with Crippen molar-refractivity contribution in [2.75, 3.05) is 44.7 Å². The van der Waals surface area contributed by atoms with Gasteiger partial charge in [-0.15, -0.1) is 5.10 Å². The van der Waals surface area contributed by atoms with E-state index in [-0.39, 0.29) is 5.91 Å². The quantitative estimate of drug-likeness (QED) is 0.506. The average Bonchev–Trinajstić information content (AvgIpc) is 2.78. The lowest BCUT2D eigenvalue weighted by molar-refractivity contribution is 0.0977. The summed E-state index contributed by atoms with van der Waals surface area (Å²) in [5.41, 5.74) is 7.72. The van der Waals surface area contributed by atoms with Crippen LogP contribution in [0.1, 0.15) is 10.4 Å². The number of hydrogen-bond donors (Lipinski definition) is 4. The molecule has 1 aliphatic rings. The third kappa shape index (κ3) is 6.27. The summed E-state index contributed by atoms with van der Waals surface area (Å²) in [6.45, 7) is 1.33. The van der Waals surface area contributed by atoms with Crippen molar-refractivity contribution in [3.05, 3.63) is 59.1 Å². The van der Waals surface area contributed by atoms with Crippen LogP contribution in [0.15, 0.2) is 53.7 Å². The summed E-state index contributed by atoms with van der Waals surface area (Å²) in [5.74, 6) is 1.19. The first-order chi connectivity index (χ1) is 15.1. The Hall–Kier alpha value is -3.43. The summed E-state index contributed by atoms with van der Waals surface area (Å²) in [7, 11) is 3.20. The number of hydrazone groups is 1. The van der Waals surface area contributed by atoms with Gasteiger partial charge in [0.2, 0.25) is 0 Å². The summed E-state index contributed by atoms with van der Waals surface area (Å²) < 4.78 is 15.7. The number of fused-ring (bicyclic) bond motifs is 1. The monoisotopic (exact) mass is 445 g/mol. The smallest absolute Gasteiger partial charge is 0.256 e. The van der Waals surface area contributed by atoms with Gasteiger partial charge in [0.15, 0.2) is 5.84 Å². The topological polar surface area (TPSA) is 105 Å². The van der Waals surface area contributed by atoms with Crippen molar-refractivity contribution in [1.82, 2.24) is 10.9 Å². The number of rotatable bonds is 6. The van der Waals surface area contributed by atoms with Gasteiger partial charge in [-0.2, -0.15) is 0 Å². The second-order valence-electron chi connectivity index (χ2n) is 6.37. The molecule has 1 amide bonds. The first-order valence-electron chi connectivity index (χ1n) is 9.50. The molecular formula is C21H24ClN5O4. The third-order valence-electron chi connectivity index (χ3n) is 4.26. The zero-order valence-electron chi connectivity index (χ0n) is 17.2. The van der Waals surface area contributed by atoms with Crippen molar-refractivity contribution >= 4 is 34.7 Å². The lowest BCUT2D eigenvalue weighted by atomic mass is 10.2. The molecule has 9 nitrogen and oxygen atoms in total. The number of carbonyl (C=O) groups is 1. The van der Waals surface area contributed by atoms with Gasteiger partial charge < -0.3 is 24.8 Å². The number of ether oxygens (including phenoxy) is 3. The van der Waals surface area contributed by atoms with Gasteiger partial charge in [0.05, 0.1) is 30.1 Å². The molecule has 4 N–H and O–H groups in total. The van der Waals surface area contributed by atoms with Crippen LogP contribution in [0.2, 0.25) is 5.02 Å². The van der Waals surface area contributed by atoms with Crippen molar-refractivity contribution in [2.24, 2.45) is 5.10 Å². The van der Waals surface area contributed by atoms with Crippen molar-refractivity contribution in [3.8, 4) is 11.5 Å². The molecule has 2 aromatic rings. The Morgan fingerprint density at radius 2 is 2.03 bits per heavy atom. The molecule has 0 unspecified atom stereocenters. The van der Waals surface area contributed by atoms with Crippen LogP contribution in [0.5, 0.6) is 11.5 Å². The molecule has 0 aliphatic carbocycles. The molecule has 0 radical (unpaired) electrons. The zero-order valence-corrected chi connectivity index (χ0v) is 18.0. The Kier molecular flexibility index (Phi) is 7.97. The molecule has 1 heterocycles. The first kappa shape index (κ1) is 22.3. The van der Waals surface area contributed by atoms with E-state index in [2.05, 4.69) is 26.7 Å². The number of methoxy groups -OCH3 is 2. The Morgan fingerprint density at radius 3 is 2.81 bits per heavy atom. The van der Waals surface area contributed by atoms with E-state index in [0.717, 1.165) is 17.1 Å². The van der Waals surface area contributed by atoms with E-state index in [4.69, 9.17) is 25.8 Å². The molecule has 10 heteroatoms. The number of carbonyl (C=O) groups excluding carboxylic acids is 1. The van der Waals surface area contributed by atoms with E-state index < -0.39 is 0 Å². The fraction of sp³-hybridized carbons (Fsp3) is 0.238. The summed E-state index contributed by atoms with van der Waals surface area (Å²) in [6, 6.07) is 10.4. The number of amidine groups is 1. The Bertz CT molecular complexity index is 980. The lowest BCUT2D eigenvalue weighted by Gasteiger charge is -2.16. The fourth-order valence-electron chi connectivity index (χ4n) is 2.68. The molecule has 2 aromatic carbocycles. The van der Waals surface area contributed by atoms with Crippen LogP contribution < -0.4 is 31.1 Å². The average molecular weight is 446 g/mol. The van der Waals surface area contributed by atoms with E-state index in [1.165, 1.54) is 0 Å². The van der Waals surface area contributed by atoms with Crippen LogP contribution in [-0.4, -0.2) is 45.7 Å². The van der Waals surface area contributed by atoms with Crippen molar-refractivity contribution in [3.63, 3.8) is 0 Å². The van der Waals surface area contributed by atoms with Gasteiger partial charge in [0, 0.05) is 25.3 Å². The second kappa shape index (κ2) is 11.1. The molecule has 0 saturated heterocycles. The fourth-order valence-corrected chi connectivity index (χ4v) is 2.92. The van der Waals surface area contributed by atoms with Gasteiger partial charge in [0.1, 0.15) is 18.1 Å². The summed E-state index contributed by atoms with van der Waals surface area (Å²) in [4.78, 5) is 12.6. The van der Waals surface area contributed by atoms with Crippen molar-refractivity contribution < 1.29 is 19.0 Å². The predicted molar refractivity (Wildman–Crippen MR) is 121 cm³/mol. The van der Waals surface area contributed by atoms with Gasteiger partial charge in [-0.25, -0.2) is 5.53 Å². The van der Waals surface area contributed by atoms with Gasteiger partial charge in [0.25, 0.3) is 5.91 Å². The lowest BCUT2D eigenvalue weighted by Crippen LogP contribution is -2.32. The van der Waals surface area contributed by atoms with E-state index in [0.29, 0.717) is 41.9 Å². The van der Waals surface area contributed by atoms with E-state index >= 15 is 0 Å². The SMILES string of the molecule is COCCOc1ccc(C(=O)NC2=N/NNc3ccc(OC)cc3NC\C=C\2)cc1Cl. The summed E-state index contributed by atoms with van der Waals surface area (Å²) >= 11 is 6.22. The molecular weight excluding hydrogens is 422 g/mol. The Morgan fingerprint density at radius 1 is 1.16 bits per heavy atom. The van der Waals surface area contributed by atoms with E-state index in [1.807, 2.05) is 24.3 Å². The highest BCUT2D eigenvalue weighted by atomic mass is 35.5. The molecule has 0 fully saturated rings. The number of amides is 1. The molecule has 0 saturated carbocycles. The predicted octanol–water partition coefficient (Wildman–Crippen LogP) is 3.02. The maximum absolute atomic E-state index is 12.6. The van der Waals surface area contributed by atoms with Crippen LogP contribution >= 0.6 is 11.6 Å².